The van der Waals surface area contributed by atoms with E-state index >= 15 is 0 Å². The normalized spacial score (nSPS) is 24.7. The number of halogens is 1. The Balaban J connectivity index is 2.10. The molecule has 116 valence electrons. The molecule has 21 heavy (non-hydrogen) atoms. The average Bonchev–Trinajstić information content (AvgIpc) is 2.45. The van der Waals surface area contributed by atoms with E-state index < -0.39 is 0 Å². The first-order valence-electron chi connectivity index (χ1n) is 7.54. The van der Waals surface area contributed by atoms with E-state index in [1.54, 1.807) is 0 Å². The fourth-order valence-corrected chi connectivity index (χ4v) is 3.39. The summed E-state index contributed by atoms with van der Waals surface area (Å²) in [4.78, 5) is 13.9. The fourth-order valence-electron chi connectivity index (χ4n) is 3.24. The van der Waals surface area contributed by atoms with Crippen LogP contribution in [0.25, 0.3) is 0 Å². The molecule has 2 rings (SSSR count). The second-order valence-corrected chi connectivity index (χ2v) is 6.71. The van der Waals surface area contributed by atoms with Crippen molar-refractivity contribution < 1.29 is 9.90 Å². The molecular formula is C17H24ClNO2. The van der Waals surface area contributed by atoms with Gasteiger partial charge in [0.1, 0.15) is 5.88 Å². The monoisotopic (exact) mass is 309 g/mol. The molecule has 4 heteroatoms. The SMILES string of the molecule is CC(C)CN(C(=O)CCl)C1CC(CO)(c2ccccc2)C1. The first-order valence-corrected chi connectivity index (χ1v) is 8.07. The standard InChI is InChI=1S/C17H24ClNO2/c1-13(2)11-19(16(21)10-18)15-8-17(9-15,12-20)14-6-4-3-5-7-14/h3-7,13,15,20H,8-12H2,1-2H3. The third-order valence-corrected chi connectivity index (χ3v) is 4.61. The van der Waals surface area contributed by atoms with Gasteiger partial charge in [-0.05, 0) is 24.3 Å². The zero-order valence-electron chi connectivity index (χ0n) is 12.8. The third kappa shape index (κ3) is 3.41. The summed E-state index contributed by atoms with van der Waals surface area (Å²) in [6.07, 6.45) is 1.62. The lowest BCUT2D eigenvalue weighted by molar-refractivity contribution is -0.135. The van der Waals surface area contributed by atoms with Crippen LogP contribution in [0.3, 0.4) is 0 Å². The molecular weight excluding hydrogens is 286 g/mol. The first-order chi connectivity index (χ1) is 10.0. The second-order valence-electron chi connectivity index (χ2n) is 6.44. The Hall–Kier alpha value is -1.06. The van der Waals surface area contributed by atoms with Gasteiger partial charge >= 0.3 is 0 Å². The number of aliphatic hydroxyl groups is 1. The summed E-state index contributed by atoms with van der Waals surface area (Å²) >= 11 is 5.74. The van der Waals surface area contributed by atoms with E-state index in [-0.39, 0.29) is 29.9 Å². The Labute approximate surface area is 131 Å². The van der Waals surface area contributed by atoms with Crippen LogP contribution in [0.5, 0.6) is 0 Å². The largest absolute Gasteiger partial charge is 0.395 e. The van der Waals surface area contributed by atoms with E-state index in [1.165, 1.54) is 0 Å². The van der Waals surface area contributed by atoms with E-state index in [1.807, 2.05) is 23.1 Å². The van der Waals surface area contributed by atoms with Gasteiger partial charge in [-0.1, -0.05) is 44.2 Å². The van der Waals surface area contributed by atoms with Crippen LogP contribution in [-0.2, 0) is 10.2 Å². The first kappa shape index (κ1) is 16.3. The van der Waals surface area contributed by atoms with Gasteiger partial charge in [-0.3, -0.25) is 4.79 Å². The number of rotatable bonds is 6. The highest BCUT2D eigenvalue weighted by atomic mass is 35.5. The minimum absolute atomic E-state index is 0.00466. The number of alkyl halides is 1. The maximum atomic E-state index is 12.0. The molecule has 1 fully saturated rings. The van der Waals surface area contributed by atoms with E-state index in [2.05, 4.69) is 26.0 Å². The minimum Gasteiger partial charge on any atom is -0.395 e. The highest BCUT2D eigenvalue weighted by Gasteiger charge is 2.48. The zero-order valence-corrected chi connectivity index (χ0v) is 13.5. The van der Waals surface area contributed by atoms with Gasteiger partial charge in [0.15, 0.2) is 0 Å². The topological polar surface area (TPSA) is 40.5 Å². The van der Waals surface area contributed by atoms with Crippen LogP contribution in [0.1, 0.15) is 32.3 Å². The number of carbonyl (C=O) groups excluding carboxylic acids is 1. The lowest BCUT2D eigenvalue weighted by Gasteiger charge is -2.51. The van der Waals surface area contributed by atoms with E-state index in [0.29, 0.717) is 5.92 Å². The molecule has 0 unspecified atom stereocenters. The molecule has 1 saturated carbocycles. The Bertz CT molecular complexity index is 469. The van der Waals surface area contributed by atoms with Crippen LogP contribution < -0.4 is 0 Å². The average molecular weight is 310 g/mol. The molecule has 0 spiro atoms. The summed E-state index contributed by atoms with van der Waals surface area (Å²) in [5.74, 6) is 0.439. The van der Waals surface area contributed by atoms with Gasteiger partial charge in [0.2, 0.25) is 5.91 Å². The maximum Gasteiger partial charge on any atom is 0.237 e. The summed E-state index contributed by atoms with van der Waals surface area (Å²) < 4.78 is 0. The second kappa shape index (κ2) is 6.80. The lowest BCUT2D eigenvalue weighted by Crippen LogP contribution is -2.57. The van der Waals surface area contributed by atoms with Crippen LogP contribution in [0.4, 0.5) is 0 Å². The summed E-state index contributed by atoms with van der Waals surface area (Å²) in [6, 6.07) is 10.3. The number of hydrogen-bond donors (Lipinski definition) is 1. The van der Waals surface area contributed by atoms with Crippen LogP contribution in [0.15, 0.2) is 30.3 Å². The smallest absolute Gasteiger partial charge is 0.237 e. The van der Waals surface area contributed by atoms with Crippen LogP contribution in [-0.4, -0.2) is 41.0 Å². The highest BCUT2D eigenvalue weighted by molar-refractivity contribution is 6.27. The van der Waals surface area contributed by atoms with Crippen molar-refractivity contribution in [3.05, 3.63) is 35.9 Å². The molecule has 1 amide bonds. The van der Waals surface area contributed by atoms with Crippen molar-refractivity contribution in [1.29, 1.82) is 0 Å². The fraction of sp³-hybridized carbons (Fsp3) is 0.588. The van der Waals surface area contributed by atoms with Crippen molar-refractivity contribution >= 4 is 17.5 Å². The maximum absolute atomic E-state index is 12.0. The summed E-state index contributed by atoms with van der Waals surface area (Å²) in [6.45, 7) is 5.05. The molecule has 1 aromatic rings. The van der Waals surface area contributed by atoms with Crippen molar-refractivity contribution in [2.24, 2.45) is 5.92 Å². The van der Waals surface area contributed by atoms with Gasteiger partial charge in [0, 0.05) is 18.0 Å². The molecule has 1 aromatic carbocycles. The number of aliphatic hydroxyl groups excluding tert-OH is 1. The quantitative estimate of drug-likeness (QED) is 0.821. The molecule has 0 aliphatic heterocycles. The van der Waals surface area contributed by atoms with Gasteiger partial charge in [0.05, 0.1) is 6.61 Å². The molecule has 0 bridgehead atoms. The summed E-state index contributed by atoms with van der Waals surface area (Å²) in [5.41, 5.74) is 0.958. The van der Waals surface area contributed by atoms with Crippen LogP contribution in [0, 0.1) is 5.92 Å². The Kier molecular flexibility index (Phi) is 5.28. The van der Waals surface area contributed by atoms with Gasteiger partial charge in [-0.2, -0.15) is 0 Å². The summed E-state index contributed by atoms with van der Waals surface area (Å²) in [5, 5.41) is 9.84. The number of amides is 1. The van der Waals surface area contributed by atoms with Crippen molar-refractivity contribution in [2.75, 3.05) is 19.0 Å². The lowest BCUT2D eigenvalue weighted by atomic mass is 9.61. The molecule has 3 nitrogen and oxygen atoms in total. The Morgan fingerprint density at radius 2 is 2.00 bits per heavy atom. The molecule has 1 aliphatic rings. The van der Waals surface area contributed by atoms with Crippen molar-refractivity contribution in [2.45, 2.75) is 38.1 Å². The number of carbonyl (C=O) groups is 1. The molecule has 0 saturated heterocycles. The molecule has 0 heterocycles. The Morgan fingerprint density at radius 1 is 1.38 bits per heavy atom. The van der Waals surface area contributed by atoms with Gasteiger partial charge in [-0.25, -0.2) is 0 Å². The van der Waals surface area contributed by atoms with Gasteiger partial charge in [-0.15, -0.1) is 11.6 Å². The van der Waals surface area contributed by atoms with E-state index in [9.17, 15) is 9.90 Å². The van der Waals surface area contributed by atoms with Crippen molar-refractivity contribution in [1.82, 2.24) is 4.90 Å². The highest BCUT2D eigenvalue weighted by Crippen LogP contribution is 2.46. The number of nitrogens with zero attached hydrogens (tertiary/aromatic N) is 1. The third-order valence-electron chi connectivity index (χ3n) is 4.38. The van der Waals surface area contributed by atoms with E-state index in [4.69, 9.17) is 11.6 Å². The molecule has 1 N–H and O–H groups in total. The van der Waals surface area contributed by atoms with Crippen molar-refractivity contribution in [3.8, 4) is 0 Å². The van der Waals surface area contributed by atoms with Gasteiger partial charge < -0.3 is 10.0 Å². The molecule has 0 atom stereocenters. The minimum atomic E-state index is -0.201. The van der Waals surface area contributed by atoms with Crippen molar-refractivity contribution in [3.63, 3.8) is 0 Å². The predicted molar refractivity (Wildman–Crippen MR) is 85.5 cm³/mol. The van der Waals surface area contributed by atoms with Crippen LogP contribution in [0.2, 0.25) is 0 Å². The molecule has 0 radical (unpaired) electrons. The van der Waals surface area contributed by atoms with Gasteiger partial charge in [0.25, 0.3) is 0 Å². The number of hydrogen-bond acceptors (Lipinski definition) is 2. The van der Waals surface area contributed by atoms with E-state index in [0.717, 1.165) is 24.9 Å². The van der Waals surface area contributed by atoms with Crippen LogP contribution >= 0.6 is 11.6 Å². The predicted octanol–water partition coefficient (Wildman–Crippen LogP) is 2.80. The zero-order chi connectivity index (χ0) is 15.5. The molecule has 0 aromatic heterocycles. The Morgan fingerprint density at radius 3 is 2.48 bits per heavy atom. The number of benzene rings is 1. The summed E-state index contributed by atoms with van der Waals surface area (Å²) in [7, 11) is 0. The molecule has 1 aliphatic carbocycles.